The number of nitrogens with one attached hydrogen (secondary N) is 3. The molecule has 19 nitrogen and oxygen atoms in total. The first-order chi connectivity index (χ1) is 57.4. The third-order valence-corrected chi connectivity index (χ3v) is 25.2. The third-order valence-electron chi connectivity index (χ3n) is 21.5. The summed E-state index contributed by atoms with van der Waals surface area (Å²) in [5, 5.41) is 34.8. The summed E-state index contributed by atoms with van der Waals surface area (Å²) in [5.74, 6) is 1.81. The number of likely N-dealkylation sites (N-methyl/N-ethyl adjacent to an activating group) is 1. The molecule has 0 atom stereocenters. The molecule has 12 aromatic rings. The van der Waals surface area contributed by atoms with Gasteiger partial charge >= 0.3 is 0 Å². The zero-order valence-electron chi connectivity index (χ0n) is 66.9. The van der Waals surface area contributed by atoms with Crippen LogP contribution < -0.4 is 16.0 Å². The van der Waals surface area contributed by atoms with Crippen molar-refractivity contribution in [3.63, 3.8) is 0 Å². The van der Waals surface area contributed by atoms with E-state index in [1.807, 2.05) is 148 Å². The summed E-state index contributed by atoms with van der Waals surface area (Å²) in [7, 11) is 1.99. The van der Waals surface area contributed by atoms with Gasteiger partial charge in [0.15, 0.2) is 23.3 Å². The monoisotopic (exact) mass is 1870 g/mol. The second kappa shape index (κ2) is 35.4. The quantitative estimate of drug-likeness (QED) is 0.0883. The maximum atomic E-state index is 12.7. The molecule has 0 saturated heterocycles. The van der Waals surface area contributed by atoms with Crippen LogP contribution in [-0.2, 0) is 27.2 Å². The molecule has 620 valence electrons. The van der Waals surface area contributed by atoms with Crippen LogP contribution in [0.2, 0.25) is 60.3 Å². The molecule has 3 N–H and O–H groups in total. The largest absolute Gasteiger partial charge is 0.346 e. The summed E-state index contributed by atoms with van der Waals surface area (Å²) in [6.45, 7) is 19.2. The van der Waals surface area contributed by atoms with Crippen LogP contribution in [0, 0.1) is 13.8 Å². The van der Waals surface area contributed by atoms with Crippen molar-refractivity contribution in [2.75, 3.05) is 7.05 Å². The molecular formula is C89H76Cl12N16O3S. The van der Waals surface area contributed by atoms with E-state index in [0.29, 0.717) is 123 Å². The Morgan fingerprint density at radius 2 is 0.653 bits per heavy atom. The van der Waals surface area contributed by atoms with Crippen molar-refractivity contribution in [1.29, 1.82) is 0 Å². The van der Waals surface area contributed by atoms with Gasteiger partial charge in [-0.3, -0.25) is 24.4 Å². The van der Waals surface area contributed by atoms with E-state index in [2.05, 4.69) is 51.6 Å². The topological polar surface area (TPSA) is 211 Å². The Hall–Kier alpha value is -8.94. The lowest BCUT2D eigenvalue weighted by atomic mass is 9.99. The Bertz CT molecular complexity index is 6300. The van der Waals surface area contributed by atoms with Crippen molar-refractivity contribution in [3.8, 4) is 67.8 Å². The summed E-state index contributed by atoms with van der Waals surface area (Å²) in [6.07, 6.45) is 4.98. The Labute approximate surface area is 765 Å². The van der Waals surface area contributed by atoms with Crippen LogP contribution >= 0.6 is 151 Å². The summed E-state index contributed by atoms with van der Waals surface area (Å²) in [5.41, 5.74) is 13.6. The van der Waals surface area contributed by atoms with Crippen LogP contribution in [0.25, 0.3) is 67.8 Å². The average Bonchev–Trinajstić information content (AvgIpc) is 1.62. The van der Waals surface area contributed by atoms with Crippen LogP contribution in [-0.4, -0.2) is 119 Å². The van der Waals surface area contributed by atoms with Crippen LogP contribution in [0.1, 0.15) is 126 Å². The van der Waals surface area contributed by atoms with E-state index in [1.54, 1.807) is 96.3 Å². The predicted molar refractivity (Wildman–Crippen MR) is 499 cm³/mol. The first-order valence-electron chi connectivity index (χ1n) is 38.3. The Morgan fingerprint density at radius 1 is 0.372 bits per heavy atom. The minimum atomic E-state index is -0.845. The van der Waals surface area contributed by atoms with Gasteiger partial charge in [-0.1, -0.05) is 227 Å². The van der Waals surface area contributed by atoms with E-state index < -0.39 is 16.6 Å². The molecule has 1 aliphatic carbocycles. The van der Waals surface area contributed by atoms with E-state index in [0.717, 1.165) is 117 Å². The molecule has 17 rings (SSSR count). The van der Waals surface area contributed by atoms with Crippen molar-refractivity contribution in [3.05, 3.63) is 275 Å². The molecule has 1 fully saturated rings. The molecule has 0 radical (unpaired) electrons. The maximum Gasteiger partial charge on any atom is 0.253 e. The maximum absolute atomic E-state index is 12.7. The van der Waals surface area contributed by atoms with Gasteiger partial charge in [-0.2, -0.15) is 20.4 Å². The number of carbonyl (C=O) groups is 3. The number of rotatable bonds is 14. The molecule has 1 saturated carbocycles. The number of amidine groups is 4. The first-order valence-corrected chi connectivity index (χ1v) is 43.3. The molecule has 8 heterocycles. The summed E-state index contributed by atoms with van der Waals surface area (Å²) >= 11 is 80.5. The van der Waals surface area contributed by atoms with Gasteiger partial charge in [-0.15, -0.1) is 0 Å². The van der Waals surface area contributed by atoms with Crippen molar-refractivity contribution in [2.24, 2.45) is 20.0 Å². The summed E-state index contributed by atoms with van der Waals surface area (Å²) in [6, 6.07) is 51.4. The standard InChI is InChI=1S/C23H19Cl3N4O.C23H21Cl3N4S.C22H19Cl3N4O.C21H17Cl3N4O/c1-13-19(21-27-22(31)23(28-21)10-2-3-11-23)29-30(18-9-8-16(25)12-17(18)26)20(13)14-4-6-15(24)7-5-14;1-5-16-19(21-27-22(31)23(2,3)29(21)4)28-30(18-11-10-15(25)12-17(18)26)20(16)13-6-8-14(24)9-7-13;1-4-15-18(20-26-21(30)22(2,3)27-20)28-29(17-10-9-14(24)11-16(17)25)19(15)12-5-7-13(23)8-6-12;1-11-17(19-25-20(29)21(2,3)26-19)27-28(16-9-8-14(23)10-15(16)24)18(11)12-4-6-13(22)7-5-12/h4-9,12H,2-3,10-11H2,1H3,(H,27,28,31);6-12H,5H2,1-4H3;5-11H,4H2,1-3H3,(H,26,27,30);4-10H,1-3H3,(H,25,26,29). The molecule has 4 aliphatic heterocycles. The fraction of sp³-hybridized carbons (Fsp3) is 0.236. The number of aromatic nitrogens is 8. The van der Waals surface area contributed by atoms with Gasteiger partial charge in [0.05, 0.1) is 71.2 Å². The van der Waals surface area contributed by atoms with Crippen molar-refractivity contribution >= 4 is 197 Å². The molecule has 3 amide bonds. The normalized spacial score (nSPS) is 15.9. The number of halogens is 12. The molecule has 32 heteroatoms. The van der Waals surface area contributed by atoms with Crippen molar-refractivity contribution < 1.29 is 14.4 Å². The van der Waals surface area contributed by atoms with Gasteiger partial charge in [0.2, 0.25) is 0 Å². The number of carbonyl (C=O) groups excluding carboxylic acids is 3. The Balaban J connectivity index is 0.000000132. The molecule has 0 unspecified atom stereocenters. The summed E-state index contributed by atoms with van der Waals surface area (Å²) < 4.78 is 7.16. The van der Waals surface area contributed by atoms with Crippen LogP contribution in [0.15, 0.2) is 190 Å². The Morgan fingerprint density at radius 3 is 0.959 bits per heavy atom. The van der Waals surface area contributed by atoms with Gasteiger partial charge in [0.1, 0.15) is 44.4 Å². The number of amides is 3. The highest BCUT2D eigenvalue weighted by Crippen LogP contribution is 2.43. The number of hydrogen-bond donors (Lipinski definition) is 3. The van der Waals surface area contributed by atoms with Crippen molar-refractivity contribution in [1.82, 2.24) is 60.0 Å². The highest BCUT2D eigenvalue weighted by Gasteiger charge is 2.47. The van der Waals surface area contributed by atoms with E-state index in [4.69, 9.17) is 182 Å². The van der Waals surface area contributed by atoms with Gasteiger partial charge in [0.25, 0.3) is 17.7 Å². The smallest absolute Gasteiger partial charge is 0.253 e. The van der Waals surface area contributed by atoms with Gasteiger partial charge in [-0.05, 0) is 202 Å². The van der Waals surface area contributed by atoms with E-state index in [-0.39, 0.29) is 23.3 Å². The number of thiocarbonyl (C=S) groups is 1. The van der Waals surface area contributed by atoms with Gasteiger partial charge in [0, 0.05) is 91.7 Å². The molecule has 4 aromatic heterocycles. The lowest BCUT2D eigenvalue weighted by Gasteiger charge is -2.29. The minimum Gasteiger partial charge on any atom is -0.346 e. The summed E-state index contributed by atoms with van der Waals surface area (Å²) in [4.78, 5) is 58.7. The predicted octanol–water partition coefficient (Wildman–Crippen LogP) is 24.0. The SMILES string of the molecule is CCc1c(C2=NC(=S)C(C)(C)N2C)nn(-c2ccc(Cl)cc2Cl)c1-c1ccc(Cl)cc1.CCc1c(C2=NC(C)(C)C(=O)N2)nn(-c2ccc(Cl)cc2Cl)c1-c1ccc(Cl)cc1.Cc1c(C2=NC(C)(C)C(=O)N2)nn(-c2ccc(Cl)cc2Cl)c1-c1ccc(Cl)cc1.Cc1c(C2=NC3(CCCC3)C(=O)N2)nn(-c2ccc(Cl)cc2Cl)c1-c1ccc(Cl)cc1. The Kier molecular flexibility index (Phi) is 25.8. The van der Waals surface area contributed by atoms with Gasteiger partial charge in [-0.25, -0.2) is 28.7 Å². The fourth-order valence-electron chi connectivity index (χ4n) is 14.7. The molecule has 0 bridgehead atoms. The van der Waals surface area contributed by atoms with Crippen LogP contribution in [0.4, 0.5) is 0 Å². The highest BCUT2D eigenvalue weighted by atomic mass is 35.5. The molecule has 5 aliphatic rings. The lowest BCUT2D eigenvalue weighted by Crippen LogP contribution is -2.44. The second-order valence-electron chi connectivity index (χ2n) is 30.7. The number of benzene rings is 8. The van der Waals surface area contributed by atoms with Crippen molar-refractivity contribution in [2.45, 2.75) is 130 Å². The lowest BCUT2D eigenvalue weighted by molar-refractivity contribution is -0.124. The first kappa shape index (κ1) is 88.4. The molecule has 1 spiro atoms. The van der Waals surface area contributed by atoms with E-state index in [9.17, 15) is 14.4 Å². The number of hydrogen-bond acceptors (Lipinski definition) is 12. The zero-order valence-corrected chi connectivity index (χ0v) is 76.8. The molecule has 121 heavy (non-hydrogen) atoms. The fourth-order valence-corrected chi connectivity index (χ4v) is 17.4. The second-order valence-corrected chi connectivity index (χ2v) is 36.2. The third kappa shape index (κ3) is 17.7. The van der Waals surface area contributed by atoms with Crippen LogP contribution in [0.5, 0.6) is 0 Å². The number of nitrogens with zero attached hydrogens (tertiary/aromatic N) is 13. The van der Waals surface area contributed by atoms with E-state index >= 15 is 0 Å². The zero-order chi connectivity index (χ0) is 86.8. The molecular weight excluding hydrogens is 1800 g/mol. The minimum absolute atomic E-state index is 0.0356. The van der Waals surface area contributed by atoms with Crippen LogP contribution in [0.3, 0.4) is 0 Å². The molecule has 8 aromatic carbocycles. The van der Waals surface area contributed by atoms with E-state index in [1.165, 1.54) is 0 Å². The van der Waals surface area contributed by atoms with Gasteiger partial charge < -0.3 is 20.9 Å². The number of aliphatic imine (C=N–C) groups is 4. The average molecular weight is 1880 g/mol. The highest BCUT2D eigenvalue weighted by molar-refractivity contribution is 7.80.